The molecule has 0 bridgehead atoms. The van der Waals surface area contributed by atoms with Crippen molar-refractivity contribution < 1.29 is 54.1 Å². The molecule has 0 aromatic carbocycles. The van der Waals surface area contributed by atoms with E-state index < -0.39 is 51.3 Å². The van der Waals surface area contributed by atoms with Gasteiger partial charge < -0.3 is 39.7 Å². The first-order valence-electron chi connectivity index (χ1n) is 4.85. The third-order valence-electron chi connectivity index (χ3n) is 1.05. The molecule has 20 heavy (non-hydrogen) atoms. The van der Waals surface area contributed by atoms with Gasteiger partial charge in [-0.1, -0.05) is 0 Å². The number of aliphatic hydroxyl groups excluding tert-OH is 4. The lowest BCUT2D eigenvalue weighted by Gasteiger charge is -2.02. The zero-order chi connectivity index (χ0) is 16.4. The van der Waals surface area contributed by atoms with E-state index in [0.717, 1.165) is 0 Å². The maximum atomic E-state index is 10.2. The lowest BCUT2D eigenvalue weighted by atomic mass is 10.7. The highest BCUT2D eigenvalue weighted by atomic mass is 16.7. The Hall–Kier alpha value is -1.79. The van der Waals surface area contributed by atoms with Crippen molar-refractivity contribution in [2.24, 2.45) is 0 Å². The molecule has 0 rings (SSSR count). The Kier molecular flexibility index (Phi) is 22.8. The lowest BCUT2D eigenvalue weighted by Crippen LogP contribution is -2.16. The van der Waals surface area contributed by atoms with E-state index >= 15 is 0 Å². The highest BCUT2D eigenvalue weighted by Crippen LogP contribution is 1.80. The SMILES string of the molecule is COC(=O)CO.O=C(CO)OCOC(=O)CO.OCO. The molecule has 0 atom stereocenters. The van der Waals surface area contributed by atoms with Crippen LogP contribution >= 0.6 is 0 Å². The predicted molar refractivity (Wildman–Crippen MR) is 59.6 cm³/mol. The van der Waals surface area contributed by atoms with Crippen LogP contribution in [0.3, 0.4) is 0 Å². The summed E-state index contributed by atoms with van der Waals surface area (Å²) < 4.78 is 12.3. The fourth-order valence-electron chi connectivity index (χ4n) is 0.317. The minimum atomic E-state index is -0.893. The zero-order valence-electron chi connectivity index (χ0n) is 10.7. The molecular weight excluding hydrogens is 284 g/mol. The van der Waals surface area contributed by atoms with Crippen molar-refractivity contribution in [3.05, 3.63) is 0 Å². The summed E-state index contributed by atoms with van der Waals surface area (Å²) in [5.74, 6) is -2.39. The summed E-state index contributed by atoms with van der Waals surface area (Å²) in [5.41, 5.74) is 0. The molecule has 5 N–H and O–H groups in total. The van der Waals surface area contributed by atoms with Crippen LogP contribution in [-0.4, -0.2) is 84.0 Å². The van der Waals surface area contributed by atoms with Gasteiger partial charge in [0.2, 0.25) is 6.79 Å². The van der Waals surface area contributed by atoms with Gasteiger partial charge in [-0.15, -0.1) is 0 Å². The first-order chi connectivity index (χ1) is 9.42. The van der Waals surface area contributed by atoms with E-state index in [-0.39, 0.29) is 0 Å². The molecule has 0 aromatic rings. The van der Waals surface area contributed by atoms with Gasteiger partial charge in [0.1, 0.15) is 26.6 Å². The van der Waals surface area contributed by atoms with Crippen molar-refractivity contribution in [1.29, 1.82) is 0 Å². The average Bonchev–Trinajstić information content (AvgIpc) is 2.47. The molecule has 0 aliphatic rings. The van der Waals surface area contributed by atoms with Crippen molar-refractivity contribution in [1.82, 2.24) is 0 Å². The molecule has 11 heteroatoms. The van der Waals surface area contributed by atoms with E-state index in [2.05, 4.69) is 14.2 Å². The predicted octanol–water partition coefficient (Wildman–Crippen LogP) is -3.90. The number of hydrogen-bond acceptors (Lipinski definition) is 11. The molecule has 0 fully saturated rings. The summed E-state index contributed by atoms with van der Waals surface area (Å²) >= 11 is 0. The van der Waals surface area contributed by atoms with Crippen LogP contribution < -0.4 is 0 Å². The van der Waals surface area contributed by atoms with Gasteiger partial charge in [0.15, 0.2) is 0 Å². The molecule has 0 heterocycles. The van der Waals surface area contributed by atoms with Crippen LogP contribution in [0.25, 0.3) is 0 Å². The minimum Gasteiger partial charge on any atom is -0.467 e. The van der Waals surface area contributed by atoms with Crippen LogP contribution in [0.2, 0.25) is 0 Å². The van der Waals surface area contributed by atoms with Crippen LogP contribution in [0.1, 0.15) is 0 Å². The summed E-state index contributed by atoms with van der Waals surface area (Å²) in [6.07, 6.45) is 0. The number of methoxy groups -OCH3 is 1. The van der Waals surface area contributed by atoms with Crippen molar-refractivity contribution in [3.63, 3.8) is 0 Å². The Labute approximate surface area is 113 Å². The number of carbonyl (C=O) groups is 3. The van der Waals surface area contributed by atoms with Crippen LogP contribution in [-0.2, 0) is 28.6 Å². The van der Waals surface area contributed by atoms with Gasteiger partial charge in [-0.25, -0.2) is 14.4 Å². The van der Waals surface area contributed by atoms with Crippen LogP contribution in [0.4, 0.5) is 0 Å². The van der Waals surface area contributed by atoms with Crippen molar-refractivity contribution >= 4 is 17.9 Å². The number of hydrogen-bond donors (Lipinski definition) is 5. The second-order valence-corrected chi connectivity index (χ2v) is 2.34. The smallest absolute Gasteiger partial charge is 0.334 e. The van der Waals surface area contributed by atoms with Gasteiger partial charge in [-0.3, -0.25) is 0 Å². The molecule has 0 saturated carbocycles. The molecule has 11 nitrogen and oxygen atoms in total. The van der Waals surface area contributed by atoms with E-state index in [1.54, 1.807) is 0 Å². The van der Waals surface area contributed by atoms with Gasteiger partial charge in [-0.2, -0.15) is 0 Å². The molecule has 120 valence electrons. The summed E-state index contributed by atoms with van der Waals surface area (Å²) in [7, 11) is 1.22. The standard InChI is InChI=1S/C5H8O6.C3H6O3.CH4O2/c6-1-4(8)10-3-11-5(9)2-7;1-6-3(5)2-4;2-1-3/h6-7H,1-3H2;4H,2H2,1H3;2-3H,1H2. The number of carbonyl (C=O) groups excluding carboxylic acids is 3. The van der Waals surface area contributed by atoms with E-state index in [0.29, 0.717) is 0 Å². The van der Waals surface area contributed by atoms with Crippen LogP contribution in [0.15, 0.2) is 0 Å². The van der Waals surface area contributed by atoms with Crippen molar-refractivity contribution in [2.75, 3.05) is 40.5 Å². The molecule has 0 spiro atoms. The van der Waals surface area contributed by atoms with Crippen LogP contribution in [0.5, 0.6) is 0 Å². The van der Waals surface area contributed by atoms with Crippen LogP contribution in [0, 0.1) is 0 Å². The Bertz CT molecular complexity index is 230. The number of aliphatic hydroxyl groups is 5. The molecule has 0 amide bonds. The summed E-state index contributed by atoms with van der Waals surface area (Å²) in [6.45, 7) is -3.40. The molecule has 0 saturated heterocycles. The summed E-state index contributed by atoms with van der Waals surface area (Å²) in [4.78, 5) is 30.0. The van der Waals surface area contributed by atoms with Crippen molar-refractivity contribution in [3.8, 4) is 0 Å². The Morgan fingerprint density at radius 2 is 1.05 bits per heavy atom. The fraction of sp³-hybridized carbons (Fsp3) is 0.667. The third-order valence-corrected chi connectivity index (χ3v) is 1.05. The van der Waals surface area contributed by atoms with E-state index in [1.165, 1.54) is 7.11 Å². The Balaban J connectivity index is -0.000000270. The van der Waals surface area contributed by atoms with E-state index in [9.17, 15) is 14.4 Å². The first kappa shape index (κ1) is 23.3. The maximum Gasteiger partial charge on any atom is 0.334 e. The van der Waals surface area contributed by atoms with Gasteiger partial charge in [0.05, 0.1) is 7.11 Å². The molecule has 0 aromatic heterocycles. The van der Waals surface area contributed by atoms with Gasteiger partial charge in [0, 0.05) is 0 Å². The number of esters is 3. The summed E-state index contributed by atoms with van der Waals surface area (Å²) in [5, 5.41) is 38.3. The molecular formula is C9H18O11. The van der Waals surface area contributed by atoms with Gasteiger partial charge in [-0.05, 0) is 0 Å². The first-order valence-corrected chi connectivity index (χ1v) is 4.85. The van der Waals surface area contributed by atoms with E-state index in [1.807, 2.05) is 0 Å². The maximum absolute atomic E-state index is 10.2. The highest BCUT2D eigenvalue weighted by Gasteiger charge is 2.02. The normalized spacial score (nSPS) is 8.10. The fourth-order valence-corrected chi connectivity index (χ4v) is 0.317. The molecule has 0 unspecified atom stereocenters. The summed E-state index contributed by atoms with van der Waals surface area (Å²) in [6, 6.07) is 0. The van der Waals surface area contributed by atoms with Gasteiger partial charge >= 0.3 is 17.9 Å². The zero-order valence-corrected chi connectivity index (χ0v) is 10.7. The van der Waals surface area contributed by atoms with Gasteiger partial charge in [0.25, 0.3) is 0 Å². The Morgan fingerprint density at radius 3 is 1.20 bits per heavy atom. The quantitative estimate of drug-likeness (QED) is 0.247. The van der Waals surface area contributed by atoms with E-state index in [4.69, 9.17) is 25.5 Å². The van der Waals surface area contributed by atoms with Crippen molar-refractivity contribution in [2.45, 2.75) is 0 Å². The third kappa shape index (κ3) is 25.2. The molecule has 0 radical (unpaired) electrons. The second-order valence-electron chi connectivity index (χ2n) is 2.34. The second kappa shape index (κ2) is 19.5. The Morgan fingerprint density at radius 1 is 0.750 bits per heavy atom. The monoisotopic (exact) mass is 302 g/mol. The average molecular weight is 302 g/mol. The topological polar surface area (TPSA) is 180 Å². The minimum absolute atomic E-state index is 0.531. The highest BCUT2D eigenvalue weighted by molar-refractivity contribution is 5.72. The molecule has 0 aliphatic carbocycles. The molecule has 0 aliphatic heterocycles. The number of ether oxygens (including phenoxy) is 3. The largest absolute Gasteiger partial charge is 0.467 e. The lowest BCUT2D eigenvalue weighted by molar-refractivity contribution is -0.170. The number of rotatable bonds is 5.